The lowest BCUT2D eigenvalue weighted by molar-refractivity contribution is 0.624. The van der Waals surface area contributed by atoms with E-state index in [1.165, 1.54) is 10.4 Å². The summed E-state index contributed by atoms with van der Waals surface area (Å²) in [5, 5.41) is 7.85. The molecule has 3 rings (SSSR count). The number of aryl methyl sites for hydroxylation is 4. The van der Waals surface area contributed by atoms with Gasteiger partial charge in [-0.3, -0.25) is 4.99 Å². The summed E-state index contributed by atoms with van der Waals surface area (Å²) < 4.78 is 2.27. The van der Waals surface area contributed by atoms with Crippen LogP contribution in [0.25, 0.3) is 11.0 Å². The molecule has 3 aromatic rings. The summed E-state index contributed by atoms with van der Waals surface area (Å²) in [6.45, 7) is 8.69. The van der Waals surface area contributed by atoms with E-state index in [1.807, 2.05) is 13.0 Å². The van der Waals surface area contributed by atoms with Crippen molar-refractivity contribution < 1.29 is 0 Å². The SMILES string of the molecule is CN=C(NCCCn1c(C)nc2ccccc21)NCc1sc(C)nc1C.I. The van der Waals surface area contributed by atoms with Crippen LogP contribution in [-0.2, 0) is 13.1 Å². The second kappa shape index (κ2) is 10.0. The van der Waals surface area contributed by atoms with Crippen LogP contribution in [0.5, 0.6) is 0 Å². The zero-order valence-electron chi connectivity index (χ0n) is 16.2. The fraction of sp³-hybridized carbons (Fsp3) is 0.421. The maximum atomic E-state index is 4.62. The predicted octanol–water partition coefficient (Wildman–Crippen LogP) is 3.79. The maximum Gasteiger partial charge on any atom is 0.191 e. The summed E-state index contributed by atoms with van der Waals surface area (Å²) in [5.41, 5.74) is 3.35. The van der Waals surface area contributed by atoms with Gasteiger partial charge in [-0.05, 0) is 39.3 Å². The molecular formula is C19H27IN6S. The van der Waals surface area contributed by atoms with Crippen molar-refractivity contribution in [2.75, 3.05) is 13.6 Å². The number of nitrogens with zero attached hydrogens (tertiary/aromatic N) is 4. The van der Waals surface area contributed by atoms with Crippen molar-refractivity contribution in [3.63, 3.8) is 0 Å². The van der Waals surface area contributed by atoms with Crippen LogP contribution in [0.3, 0.4) is 0 Å². The van der Waals surface area contributed by atoms with E-state index >= 15 is 0 Å². The fourth-order valence-electron chi connectivity index (χ4n) is 3.04. The third-order valence-electron chi connectivity index (χ3n) is 4.34. The zero-order chi connectivity index (χ0) is 18.5. The number of guanidine groups is 1. The highest BCUT2D eigenvalue weighted by molar-refractivity contribution is 14.0. The molecule has 0 radical (unpaired) electrons. The number of para-hydroxylation sites is 2. The number of imidazole rings is 1. The van der Waals surface area contributed by atoms with Crippen LogP contribution in [0.1, 0.15) is 27.8 Å². The molecule has 0 aliphatic heterocycles. The lowest BCUT2D eigenvalue weighted by atomic mass is 10.3. The van der Waals surface area contributed by atoms with E-state index in [9.17, 15) is 0 Å². The predicted molar refractivity (Wildman–Crippen MR) is 124 cm³/mol. The molecule has 0 spiro atoms. The highest BCUT2D eigenvalue weighted by Gasteiger charge is 2.07. The second-order valence-electron chi connectivity index (χ2n) is 6.25. The summed E-state index contributed by atoms with van der Waals surface area (Å²) in [6.07, 6.45) is 1.00. The van der Waals surface area contributed by atoms with Gasteiger partial charge in [-0.2, -0.15) is 0 Å². The Kier molecular flexibility index (Phi) is 8.03. The molecule has 0 amide bonds. The standard InChI is InChI=1S/C19H26N6S.HI/c1-13-18(26-15(3)23-13)12-22-19(20-4)21-10-7-11-25-14(2)24-16-8-5-6-9-17(16)25;/h5-6,8-9H,7,10-12H2,1-4H3,(H2,20,21,22);1H. The van der Waals surface area contributed by atoms with Crippen molar-refractivity contribution in [3.8, 4) is 0 Å². The van der Waals surface area contributed by atoms with Gasteiger partial charge in [-0.25, -0.2) is 9.97 Å². The van der Waals surface area contributed by atoms with E-state index in [-0.39, 0.29) is 24.0 Å². The smallest absolute Gasteiger partial charge is 0.191 e. The molecular weight excluding hydrogens is 471 g/mol. The average molecular weight is 498 g/mol. The highest BCUT2D eigenvalue weighted by atomic mass is 127. The number of aromatic nitrogens is 3. The first kappa shape index (κ1) is 21.6. The van der Waals surface area contributed by atoms with Crippen molar-refractivity contribution >= 4 is 52.3 Å². The largest absolute Gasteiger partial charge is 0.356 e. The molecule has 1 aromatic carbocycles. The minimum atomic E-state index is 0. The number of rotatable bonds is 6. The van der Waals surface area contributed by atoms with Crippen LogP contribution in [0, 0.1) is 20.8 Å². The van der Waals surface area contributed by atoms with E-state index in [4.69, 9.17) is 0 Å². The summed E-state index contributed by atoms with van der Waals surface area (Å²) in [6, 6.07) is 8.28. The summed E-state index contributed by atoms with van der Waals surface area (Å²) in [5.74, 6) is 1.88. The van der Waals surface area contributed by atoms with Gasteiger partial charge in [0.05, 0.1) is 28.3 Å². The van der Waals surface area contributed by atoms with E-state index in [0.717, 1.165) is 54.1 Å². The highest BCUT2D eigenvalue weighted by Crippen LogP contribution is 2.17. The number of nitrogens with one attached hydrogen (secondary N) is 2. The lowest BCUT2D eigenvalue weighted by Crippen LogP contribution is -2.37. The van der Waals surface area contributed by atoms with E-state index in [1.54, 1.807) is 18.4 Å². The van der Waals surface area contributed by atoms with Crippen LogP contribution in [0.15, 0.2) is 29.3 Å². The van der Waals surface area contributed by atoms with E-state index in [0.29, 0.717) is 0 Å². The number of fused-ring (bicyclic) bond motifs is 1. The van der Waals surface area contributed by atoms with Crippen LogP contribution in [0.2, 0.25) is 0 Å². The third kappa shape index (κ3) is 5.41. The average Bonchev–Trinajstić information content (AvgIpc) is 3.12. The van der Waals surface area contributed by atoms with Crippen molar-refractivity contribution in [2.24, 2.45) is 4.99 Å². The Morgan fingerprint density at radius 1 is 1.15 bits per heavy atom. The number of hydrogen-bond donors (Lipinski definition) is 2. The Morgan fingerprint density at radius 2 is 1.93 bits per heavy atom. The molecule has 8 heteroatoms. The number of hydrogen-bond acceptors (Lipinski definition) is 4. The molecule has 0 aliphatic rings. The number of aliphatic imine (C=N–C) groups is 1. The van der Waals surface area contributed by atoms with Crippen molar-refractivity contribution in [1.82, 2.24) is 25.2 Å². The Morgan fingerprint density at radius 3 is 2.63 bits per heavy atom. The van der Waals surface area contributed by atoms with Crippen LogP contribution >= 0.6 is 35.3 Å². The molecule has 0 saturated heterocycles. The van der Waals surface area contributed by atoms with E-state index < -0.39 is 0 Å². The van der Waals surface area contributed by atoms with Gasteiger partial charge in [0.15, 0.2) is 5.96 Å². The molecule has 2 heterocycles. The normalized spacial score (nSPS) is 11.5. The minimum absolute atomic E-state index is 0. The summed E-state index contributed by atoms with van der Waals surface area (Å²) in [4.78, 5) is 14.6. The third-order valence-corrected chi connectivity index (χ3v) is 5.41. The van der Waals surface area contributed by atoms with Gasteiger partial charge >= 0.3 is 0 Å². The second-order valence-corrected chi connectivity index (χ2v) is 7.53. The summed E-state index contributed by atoms with van der Waals surface area (Å²) in [7, 11) is 1.80. The maximum absolute atomic E-state index is 4.62. The molecule has 0 aliphatic carbocycles. The van der Waals surface area contributed by atoms with Crippen molar-refractivity contribution in [3.05, 3.63) is 45.7 Å². The first-order chi connectivity index (χ1) is 12.6. The minimum Gasteiger partial charge on any atom is -0.356 e. The summed E-state index contributed by atoms with van der Waals surface area (Å²) >= 11 is 1.73. The molecule has 146 valence electrons. The van der Waals surface area contributed by atoms with Gasteiger partial charge in [0.1, 0.15) is 5.82 Å². The van der Waals surface area contributed by atoms with Crippen LogP contribution in [-0.4, -0.2) is 34.1 Å². The number of halogens is 1. The van der Waals surface area contributed by atoms with Crippen molar-refractivity contribution in [1.29, 1.82) is 0 Å². The van der Waals surface area contributed by atoms with Gasteiger partial charge in [0, 0.05) is 25.0 Å². The van der Waals surface area contributed by atoms with Crippen LogP contribution < -0.4 is 10.6 Å². The molecule has 27 heavy (non-hydrogen) atoms. The first-order valence-electron chi connectivity index (χ1n) is 8.87. The number of benzene rings is 1. The number of thiazole rings is 1. The van der Waals surface area contributed by atoms with Crippen molar-refractivity contribution in [2.45, 2.75) is 40.3 Å². The molecule has 2 N–H and O–H groups in total. The molecule has 6 nitrogen and oxygen atoms in total. The van der Waals surface area contributed by atoms with E-state index in [2.05, 4.69) is 62.2 Å². The van der Waals surface area contributed by atoms with Gasteiger partial charge < -0.3 is 15.2 Å². The molecule has 0 bridgehead atoms. The zero-order valence-corrected chi connectivity index (χ0v) is 19.4. The Labute approximate surface area is 181 Å². The van der Waals surface area contributed by atoms with Gasteiger partial charge in [-0.15, -0.1) is 35.3 Å². The lowest BCUT2D eigenvalue weighted by Gasteiger charge is -2.12. The Balaban J connectivity index is 0.00000261. The fourth-order valence-corrected chi connectivity index (χ4v) is 3.92. The first-order valence-corrected chi connectivity index (χ1v) is 9.69. The monoisotopic (exact) mass is 498 g/mol. The van der Waals surface area contributed by atoms with Gasteiger partial charge in [-0.1, -0.05) is 12.1 Å². The molecule has 0 fully saturated rings. The molecule has 0 unspecified atom stereocenters. The van der Waals surface area contributed by atoms with Crippen LogP contribution in [0.4, 0.5) is 0 Å². The molecule has 0 atom stereocenters. The molecule has 2 aromatic heterocycles. The topological polar surface area (TPSA) is 67.1 Å². The molecule has 0 saturated carbocycles. The Hall–Kier alpha value is -1.68. The van der Waals surface area contributed by atoms with Gasteiger partial charge in [0.2, 0.25) is 0 Å². The Bertz CT molecular complexity index is 914. The quantitative estimate of drug-likeness (QED) is 0.235. The van der Waals surface area contributed by atoms with Gasteiger partial charge in [0.25, 0.3) is 0 Å².